The fourth-order valence-electron chi connectivity index (χ4n) is 3.41. The van der Waals surface area contributed by atoms with Crippen molar-refractivity contribution < 1.29 is 19.1 Å². The molecule has 8 nitrogen and oxygen atoms in total. The topological polar surface area (TPSA) is 102 Å². The number of aromatic nitrogens is 1. The van der Waals surface area contributed by atoms with Crippen LogP contribution in [0.15, 0.2) is 59.7 Å². The van der Waals surface area contributed by atoms with E-state index < -0.39 is 17.8 Å². The molecule has 2 aromatic carbocycles. The highest BCUT2D eigenvalue weighted by atomic mass is 16.5. The molecule has 3 rings (SSSR count). The molecule has 0 radical (unpaired) electrons. The van der Waals surface area contributed by atoms with Gasteiger partial charge in [-0.1, -0.05) is 18.2 Å². The van der Waals surface area contributed by atoms with Gasteiger partial charge in [-0.3, -0.25) is 9.59 Å². The van der Waals surface area contributed by atoms with Crippen LogP contribution in [-0.2, 0) is 14.3 Å². The molecular formula is C25H26N4O4. The van der Waals surface area contributed by atoms with Crippen LogP contribution in [0, 0.1) is 20.8 Å². The SMILES string of the molecule is CCOC(=O)c1ccc(NC(=O)C(=O)N/N=C\c2cc(C)n(-c3ccccc3C)c2C)cc1. The third-order valence-corrected chi connectivity index (χ3v) is 5.06. The maximum Gasteiger partial charge on any atom is 0.338 e. The zero-order chi connectivity index (χ0) is 24.0. The van der Waals surface area contributed by atoms with Gasteiger partial charge in [0.15, 0.2) is 0 Å². The van der Waals surface area contributed by atoms with Gasteiger partial charge in [-0.2, -0.15) is 5.10 Å². The van der Waals surface area contributed by atoms with E-state index in [0.717, 1.165) is 28.2 Å². The van der Waals surface area contributed by atoms with Gasteiger partial charge in [0.05, 0.1) is 18.4 Å². The molecule has 0 saturated carbocycles. The zero-order valence-corrected chi connectivity index (χ0v) is 19.0. The predicted molar refractivity (Wildman–Crippen MR) is 127 cm³/mol. The first-order chi connectivity index (χ1) is 15.8. The molecule has 0 saturated heterocycles. The van der Waals surface area contributed by atoms with Gasteiger partial charge in [0.2, 0.25) is 0 Å². The van der Waals surface area contributed by atoms with Crippen molar-refractivity contribution in [2.75, 3.05) is 11.9 Å². The molecule has 0 aliphatic carbocycles. The Morgan fingerprint density at radius 2 is 1.70 bits per heavy atom. The second-order valence-corrected chi connectivity index (χ2v) is 7.40. The van der Waals surface area contributed by atoms with Gasteiger partial charge >= 0.3 is 17.8 Å². The lowest BCUT2D eigenvalue weighted by atomic mass is 10.2. The van der Waals surface area contributed by atoms with E-state index in [1.807, 2.05) is 51.1 Å². The summed E-state index contributed by atoms with van der Waals surface area (Å²) in [5.41, 5.74) is 7.99. The fourth-order valence-corrected chi connectivity index (χ4v) is 3.41. The molecule has 0 atom stereocenters. The molecule has 0 spiro atoms. The number of hydrogen-bond donors (Lipinski definition) is 2. The van der Waals surface area contributed by atoms with Crippen LogP contribution in [0.5, 0.6) is 0 Å². The summed E-state index contributed by atoms with van der Waals surface area (Å²) >= 11 is 0. The van der Waals surface area contributed by atoms with Gasteiger partial charge in [0.25, 0.3) is 0 Å². The molecule has 2 N–H and O–H groups in total. The summed E-state index contributed by atoms with van der Waals surface area (Å²) < 4.78 is 7.02. The van der Waals surface area contributed by atoms with Gasteiger partial charge in [0.1, 0.15) is 0 Å². The zero-order valence-electron chi connectivity index (χ0n) is 19.0. The summed E-state index contributed by atoms with van der Waals surface area (Å²) in [5.74, 6) is -2.24. The summed E-state index contributed by atoms with van der Waals surface area (Å²) in [4.78, 5) is 35.9. The minimum absolute atomic E-state index is 0.272. The Kier molecular flexibility index (Phi) is 7.40. The van der Waals surface area contributed by atoms with Crippen LogP contribution in [0.2, 0.25) is 0 Å². The average molecular weight is 447 g/mol. The minimum Gasteiger partial charge on any atom is -0.462 e. The number of nitrogens with zero attached hydrogens (tertiary/aromatic N) is 2. The number of rotatable bonds is 6. The van der Waals surface area contributed by atoms with E-state index in [2.05, 4.69) is 20.4 Å². The van der Waals surface area contributed by atoms with Gasteiger partial charge < -0.3 is 14.6 Å². The predicted octanol–water partition coefficient (Wildman–Crippen LogP) is 3.67. The van der Waals surface area contributed by atoms with Gasteiger partial charge in [-0.05, 0) is 69.7 Å². The molecule has 3 aromatic rings. The average Bonchev–Trinajstić information content (AvgIpc) is 3.07. The van der Waals surface area contributed by atoms with E-state index in [9.17, 15) is 14.4 Å². The molecule has 0 aliphatic rings. The van der Waals surface area contributed by atoms with Crippen molar-refractivity contribution in [1.29, 1.82) is 0 Å². The van der Waals surface area contributed by atoms with E-state index in [4.69, 9.17) is 4.74 Å². The maximum absolute atomic E-state index is 12.1. The molecule has 170 valence electrons. The first-order valence-electron chi connectivity index (χ1n) is 10.5. The van der Waals surface area contributed by atoms with Crippen LogP contribution in [0.1, 0.15) is 39.8 Å². The summed E-state index contributed by atoms with van der Waals surface area (Å²) in [6, 6.07) is 16.1. The smallest absolute Gasteiger partial charge is 0.338 e. The Morgan fingerprint density at radius 1 is 1.00 bits per heavy atom. The molecule has 0 fully saturated rings. The van der Waals surface area contributed by atoms with Crippen LogP contribution < -0.4 is 10.7 Å². The highest BCUT2D eigenvalue weighted by Gasteiger charge is 2.15. The molecule has 0 bridgehead atoms. The molecular weight excluding hydrogens is 420 g/mol. The second-order valence-electron chi connectivity index (χ2n) is 7.40. The molecule has 0 aliphatic heterocycles. The quantitative estimate of drug-likeness (QED) is 0.261. The molecule has 1 aromatic heterocycles. The van der Waals surface area contributed by atoms with Crippen molar-refractivity contribution in [2.24, 2.45) is 5.10 Å². The monoisotopic (exact) mass is 446 g/mol. The van der Waals surface area contributed by atoms with Crippen molar-refractivity contribution in [3.05, 3.63) is 82.7 Å². The lowest BCUT2D eigenvalue weighted by Gasteiger charge is -2.12. The Bertz CT molecular complexity index is 1210. The van der Waals surface area contributed by atoms with Crippen LogP contribution >= 0.6 is 0 Å². The highest BCUT2D eigenvalue weighted by Crippen LogP contribution is 2.22. The van der Waals surface area contributed by atoms with Crippen LogP contribution in [0.25, 0.3) is 5.69 Å². The Hall–Kier alpha value is -4.20. The van der Waals surface area contributed by atoms with Crippen LogP contribution in [0.4, 0.5) is 5.69 Å². The molecule has 33 heavy (non-hydrogen) atoms. The normalized spacial score (nSPS) is 10.8. The van der Waals surface area contributed by atoms with E-state index in [1.165, 1.54) is 30.5 Å². The van der Waals surface area contributed by atoms with Gasteiger partial charge in [-0.25, -0.2) is 10.2 Å². The number of nitrogens with one attached hydrogen (secondary N) is 2. The number of ether oxygens (including phenoxy) is 1. The Balaban J connectivity index is 1.62. The van der Waals surface area contributed by atoms with E-state index in [1.54, 1.807) is 6.92 Å². The lowest BCUT2D eigenvalue weighted by molar-refractivity contribution is -0.136. The van der Waals surface area contributed by atoms with Crippen LogP contribution in [0.3, 0.4) is 0 Å². The number of hydrazone groups is 1. The number of hydrogen-bond acceptors (Lipinski definition) is 5. The van der Waals surface area contributed by atoms with E-state index in [0.29, 0.717) is 11.3 Å². The number of aryl methyl sites for hydroxylation is 2. The number of para-hydroxylation sites is 1. The number of carbonyl (C=O) groups is 3. The Morgan fingerprint density at radius 3 is 2.36 bits per heavy atom. The van der Waals surface area contributed by atoms with Gasteiger partial charge in [0, 0.05) is 28.3 Å². The number of anilines is 1. The summed E-state index contributed by atoms with van der Waals surface area (Å²) in [7, 11) is 0. The molecule has 0 unspecified atom stereocenters. The molecule has 2 amide bonds. The maximum atomic E-state index is 12.1. The lowest BCUT2D eigenvalue weighted by Crippen LogP contribution is -2.32. The largest absolute Gasteiger partial charge is 0.462 e. The second kappa shape index (κ2) is 10.4. The Labute approximate surface area is 192 Å². The van der Waals surface area contributed by atoms with Crippen molar-refractivity contribution in [3.63, 3.8) is 0 Å². The number of esters is 1. The number of amides is 2. The number of benzene rings is 2. The third kappa shape index (κ3) is 5.54. The van der Waals surface area contributed by atoms with E-state index >= 15 is 0 Å². The molecule has 8 heteroatoms. The van der Waals surface area contributed by atoms with Crippen molar-refractivity contribution in [2.45, 2.75) is 27.7 Å². The van der Waals surface area contributed by atoms with Crippen molar-refractivity contribution >= 4 is 29.7 Å². The van der Waals surface area contributed by atoms with Crippen LogP contribution in [-0.4, -0.2) is 35.2 Å². The third-order valence-electron chi connectivity index (χ3n) is 5.06. The fraction of sp³-hybridized carbons (Fsp3) is 0.200. The first-order valence-corrected chi connectivity index (χ1v) is 10.5. The van der Waals surface area contributed by atoms with Crippen molar-refractivity contribution in [1.82, 2.24) is 9.99 Å². The molecule has 1 heterocycles. The highest BCUT2D eigenvalue weighted by molar-refractivity contribution is 6.39. The summed E-state index contributed by atoms with van der Waals surface area (Å²) in [6.07, 6.45) is 1.51. The summed E-state index contributed by atoms with van der Waals surface area (Å²) in [6.45, 7) is 8.00. The van der Waals surface area contributed by atoms with E-state index in [-0.39, 0.29) is 6.61 Å². The van der Waals surface area contributed by atoms with Gasteiger partial charge in [-0.15, -0.1) is 0 Å². The van der Waals surface area contributed by atoms with Crippen molar-refractivity contribution in [3.8, 4) is 5.69 Å². The standard InChI is InChI=1S/C25H26N4O4/c1-5-33-25(32)19-10-12-21(13-11-19)27-23(30)24(31)28-26-15-20-14-17(3)29(18(20)4)22-9-7-6-8-16(22)2/h6-15H,5H2,1-4H3,(H,27,30)(H,28,31)/b26-15-. The first kappa shape index (κ1) is 23.5. The minimum atomic E-state index is -0.909. The number of carbonyl (C=O) groups excluding carboxylic acids is 3. The summed E-state index contributed by atoms with van der Waals surface area (Å²) in [5, 5.41) is 6.39.